The van der Waals surface area contributed by atoms with Gasteiger partial charge >= 0.3 is 0 Å². The summed E-state index contributed by atoms with van der Waals surface area (Å²) < 4.78 is 0. The Morgan fingerprint density at radius 2 is 2.19 bits per heavy atom. The smallest absolute Gasteiger partial charge is 0.239 e. The maximum absolute atomic E-state index is 12.0. The van der Waals surface area contributed by atoms with Crippen LogP contribution in [0.1, 0.15) is 33.6 Å². The maximum atomic E-state index is 12.0. The Bertz CT molecular complexity index is 243. The summed E-state index contributed by atoms with van der Waals surface area (Å²) in [5.41, 5.74) is 5.86. The lowest BCUT2D eigenvalue weighted by Gasteiger charge is -2.35. The minimum absolute atomic E-state index is 0.0142. The molecular weight excluding hydrogens is 204 g/mol. The van der Waals surface area contributed by atoms with Crippen molar-refractivity contribution in [3.63, 3.8) is 0 Å². The fourth-order valence-corrected chi connectivity index (χ4v) is 2.09. The number of hydrogen-bond acceptors (Lipinski definition) is 3. The van der Waals surface area contributed by atoms with Gasteiger partial charge in [-0.15, -0.1) is 0 Å². The second-order valence-electron chi connectivity index (χ2n) is 5.35. The van der Waals surface area contributed by atoms with Crippen molar-refractivity contribution in [3.8, 4) is 0 Å². The van der Waals surface area contributed by atoms with Crippen molar-refractivity contribution in [3.05, 3.63) is 0 Å². The van der Waals surface area contributed by atoms with Crippen LogP contribution in [0, 0.1) is 11.8 Å². The van der Waals surface area contributed by atoms with Crippen molar-refractivity contribution >= 4 is 5.91 Å². The SMILES string of the molecule is CC(C)C[C@H](N)C(=O)N1CCC(C)C(O)C1. The third-order valence-corrected chi connectivity index (χ3v) is 3.27. The number of aliphatic hydroxyl groups is 1. The monoisotopic (exact) mass is 228 g/mol. The van der Waals surface area contributed by atoms with Gasteiger partial charge in [0.1, 0.15) is 0 Å². The number of aliphatic hydroxyl groups excluding tert-OH is 1. The van der Waals surface area contributed by atoms with E-state index in [0.29, 0.717) is 18.9 Å². The van der Waals surface area contributed by atoms with Gasteiger partial charge in [-0.2, -0.15) is 0 Å². The van der Waals surface area contributed by atoms with Crippen molar-refractivity contribution in [1.82, 2.24) is 4.90 Å². The van der Waals surface area contributed by atoms with E-state index in [-0.39, 0.29) is 11.8 Å². The van der Waals surface area contributed by atoms with E-state index in [9.17, 15) is 9.90 Å². The minimum atomic E-state index is -0.416. The van der Waals surface area contributed by atoms with Crippen LogP contribution in [0.3, 0.4) is 0 Å². The molecule has 0 aliphatic carbocycles. The number of likely N-dealkylation sites (tertiary alicyclic amines) is 1. The molecule has 1 aliphatic rings. The van der Waals surface area contributed by atoms with Gasteiger partial charge in [-0.1, -0.05) is 20.8 Å². The van der Waals surface area contributed by atoms with Gasteiger partial charge in [-0.25, -0.2) is 0 Å². The third kappa shape index (κ3) is 3.46. The fraction of sp³-hybridized carbons (Fsp3) is 0.917. The molecule has 4 nitrogen and oxygen atoms in total. The van der Waals surface area contributed by atoms with Gasteiger partial charge in [0.05, 0.1) is 12.1 Å². The van der Waals surface area contributed by atoms with E-state index in [0.717, 1.165) is 13.0 Å². The summed E-state index contributed by atoms with van der Waals surface area (Å²) in [7, 11) is 0. The van der Waals surface area contributed by atoms with Crippen molar-refractivity contribution in [2.24, 2.45) is 17.6 Å². The Labute approximate surface area is 97.8 Å². The number of rotatable bonds is 3. The van der Waals surface area contributed by atoms with Crippen LogP contribution in [0.25, 0.3) is 0 Å². The number of nitrogens with two attached hydrogens (primary N) is 1. The van der Waals surface area contributed by atoms with Gasteiger partial charge in [-0.05, 0) is 24.7 Å². The predicted octanol–water partition coefficient (Wildman–Crippen LogP) is 0.589. The van der Waals surface area contributed by atoms with Crippen LogP contribution in [0.15, 0.2) is 0 Å². The highest BCUT2D eigenvalue weighted by Gasteiger charge is 2.29. The molecule has 0 aromatic heterocycles. The van der Waals surface area contributed by atoms with Crippen LogP contribution in [-0.2, 0) is 4.79 Å². The number of nitrogens with zero attached hydrogens (tertiary/aromatic N) is 1. The molecule has 1 amide bonds. The Morgan fingerprint density at radius 1 is 1.56 bits per heavy atom. The van der Waals surface area contributed by atoms with E-state index >= 15 is 0 Å². The van der Waals surface area contributed by atoms with Gasteiger partial charge in [-0.3, -0.25) is 4.79 Å². The molecule has 1 fully saturated rings. The van der Waals surface area contributed by atoms with Crippen LogP contribution >= 0.6 is 0 Å². The summed E-state index contributed by atoms with van der Waals surface area (Å²) in [5, 5.41) is 9.73. The molecule has 16 heavy (non-hydrogen) atoms. The van der Waals surface area contributed by atoms with E-state index in [1.807, 2.05) is 6.92 Å². The highest BCUT2D eigenvalue weighted by atomic mass is 16.3. The highest BCUT2D eigenvalue weighted by molar-refractivity contribution is 5.81. The fourth-order valence-electron chi connectivity index (χ4n) is 2.09. The summed E-state index contributed by atoms with van der Waals surface area (Å²) in [5.74, 6) is 0.692. The van der Waals surface area contributed by atoms with Crippen molar-refractivity contribution < 1.29 is 9.90 Å². The molecule has 1 aliphatic heterocycles. The second kappa shape index (κ2) is 5.64. The lowest BCUT2D eigenvalue weighted by molar-refractivity contribution is -0.137. The molecule has 1 heterocycles. The zero-order valence-electron chi connectivity index (χ0n) is 10.5. The number of piperidine rings is 1. The molecule has 0 radical (unpaired) electrons. The first-order chi connectivity index (χ1) is 7.41. The molecule has 2 unspecified atom stereocenters. The lowest BCUT2D eigenvalue weighted by Crippen LogP contribution is -2.51. The summed E-state index contributed by atoms with van der Waals surface area (Å²) >= 11 is 0. The summed E-state index contributed by atoms with van der Waals surface area (Å²) in [6.45, 7) is 7.29. The molecule has 1 rings (SSSR count). The van der Waals surface area contributed by atoms with E-state index in [4.69, 9.17) is 5.73 Å². The molecule has 0 saturated carbocycles. The summed E-state index contributed by atoms with van der Waals surface area (Å²) in [6, 6.07) is -0.416. The largest absolute Gasteiger partial charge is 0.391 e. The number of β-amino-alcohol motifs (C(OH)–C–C–N with tert-alkyl or cyclic N) is 1. The quantitative estimate of drug-likeness (QED) is 0.743. The zero-order valence-corrected chi connectivity index (χ0v) is 10.5. The Hall–Kier alpha value is -0.610. The summed E-state index contributed by atoms with van der Waals surface area (Å²) in [4.78, 5) is 13.7. The van der Waals surface area contributed by atoms with Gasteiger partial charge in [0, 0.05) is 13.1 Å². The molecule has 3 atom stereocenters. The Balaban J connectivity index is 2.48. The average molecular weight is 228 g/mol. The first-order valence-corrected chi connectivity index (χ1v) is 6.14. The van der Waals surface area contributed by atoms with Crippen molar-refractivity contribution in [2.75, 3.05) is 13.1 Å². The number of carbonyl (C=O) groups excluding carboxylic acids is 1. The summed E-state index contributed by atoms with van der Waals surface area (Å²) in [6.07, 6.45) is 1.17. The van der Waals surface area contributed by atoms with Crippen LogP contribution in [0.4, 0.5) is 0 Å². The molecule has 0 aromatic rings. The molecule has 0 bridgehead atoms. The van der Waals surface area contributed by atoms with E-state index < -0.39 is 12.1 Å². The first kappa shape index (κ1) is 13.5. The zero-order chi connectivity index (χ0) is 12.3. The predicted molar refractivity (Wildman–Crippen MR) is 63.8 cm³/mol. The van der Waals surface area contributed by atoms with Gasteiger partial charge in [0.25, 0.3) is 0 Å². The topological polar surface area (TPSA) is 66.6 Å². The Kier molecular flexibility index (Phi) is 4.74. The minimum Gasteiger partial charge on any atom is -0.391 e. The molecule has 1 saturated heterocycles. The molecular formula is C12H24N2O2. The average Bonchev–Trinajstić information content (AvgIpc) is 2.20. The number of amides is 1. The molecule has 0 aromatic carbocycles. The second-order valence-corrected chi connectivity index (χ2v) is 5.35. The van der Waals surface area contributed by atoms with Crippen molar-refractivity contribution in [1.29, 1.82) is 0 Å². The van der Waals surface area contributed by atoms with E-state index in [1.165, 1.54) is 0 Å². The normalized spacial score (nSPS) is 28.2. The first-order valence-electron chi connectivity index (χ1n) is 6.14. The number of carbonyl (C=O) groups is 1. The van der Waals surface area contributed by atoms with Gasteiger partial charge in [0.15, 0.2) is 0 Å². The molecule has 4 heteroatoms. The van der Waals surface area contributed by atoms with Gasteiger partial charge in [0.2, 0.25) is 5.91 Å². The van der Waals surface area contributed by atoms with Crippen LogP contribution in [0.5, 0.6) is 0 Å². The van der Waals surface area contributed by atoms with Crippen LogP contribution in [-0.4, -0.2) is 41.1 Å². The van der Waals surface area contributed by atoms with Gasteiger partial charge < -0.3 is 15.7 Å². The van der Waals surface area contributed by atoms with Crippen LogP contribution < -0.4 is 5.73 Å². The van der Waals surface area contributed by atoms with Crippen LogP contribution in [0.2, 0.25) is 0 Å². The number of hydrogen-bond donors (Lipinski definition) is 2. The molecule has 3 N–H and O–H groups in total. The molecule has 94 valence electrons. The highest BCUT2D eigenvalue weighted by Crippen LogP contribution is 2.18. The Morgan fingerprint density at radius 3 is 2.69 bits per heavy atom. The maximum Gasteiger partial charge on any atom is 0.239 e. The third-order valence-electron chi connectivity index (χ3n) is 3.27. The van der Waals surface area contributed by atoms with E-state index in [2.05, 4.69) is 13.8 Å². The molecule has 0 spiro atoms. The van der Waals surface area contributed by atoms with E-state index in [1.54, 1.807) is 4.90 Å². The van der Waals surface area contributed by atoms with Crippen molar-refractivity contribution in [2.45, 2.75) is 45.8 Å². The lowest BCUT2D eigenvalue weighted by atomic mass is 9.95. The standard InChI is InChI=1S/C12H24N2O2/c1-8(2)6-10(13)12(16)14-5-4-9(3)11(15)7-14/h8-11,15H,4-7,13H2,1-3H3/t9?,10-,11?/m0/s1.